The molecule has 0 bridgehead atoms. The van der Waals surface area contributed by atoms with Gasteiger partial charge in [0.1, 0.15) is 11.9 Å². The zero-order valence-electron chi connectivity index (χ0n) is 7.60. The maximum Gasteiger partial charge on any atom is 0.275 e. The summed E-state index contributed by atoms with van der Waals surface area (Å²) in [5, 5.41) is 10.7. The third-order valence-electron chi connectivity index (χ3n) is 2.11. The van der Waals surface area contributed by atoms with Gasteiger partial charge in [0.2, 0.25) is 0 Å². The highest BCUT2D eigenvalue weighted by molar-refractivity contribution is 5.47. The summed E-state index contributed by atoms with van der Waals surface area (Å²) in [4.78, 5) is 10.3. The van der Waals surface area contributed by atoms with Gasteiger partial charge in [-0.3, -0.25) is 10.1 Å². The van der Waals surface area contributed by atoms with Crippen molar-refractivity contribution < 1.29 is 14.4 Å². The molecule has 2 rings (SSSR count). The third kappa shape index (κ3) is 1.54. The molecule has 0 radical (unpaired) electrons. The van der Waals surface area contributed by atoms with Crippen LogP contribution in [0.25, 0.3) is 0 Å². The highest BCUT2D eigenvalue weighted by atomic mass is 16.6. The molecule has 5 nitrogen and oxygen atoms in total. The lowest BCUT2D eigenvalue weighted by Gasteiger charge is -2.02. The fraction of sp³-hybridized carbons (Fsp3) is 0.333. The predicted molar refractivity (Wildman–Crippen MR) is 48.3 cm³/mol. The van der Waals surface area contributed by atoms with Gasteiger partial charge in [0.25, 0.3) is 5.69 Å². The molecule has 0 unspecified atom stereocenters. The first-order valence-electron chi connectivity index (χ1n) is 4.16. The Kier molecular flexibility index (Phi) is 2.09. The van der Waals surface area contributed by atoms with Crippen molar-refractivity contribution in [1.82, 2.24) is 0 Å². The van der Waals surface area contributed by atoms with E-state index < -0.39 is 4.92 Å². The van der Waals surface area contributed by atoms with Crippen LogP contribution in [0.3, 0.4) is 0 Å². The first kappa shape index (κ1) is 8.96. The SMILES string of the molecule is COc1ccc([N+](=O)[O-])c([C@@H]2CO2)c1. The summed E-state index contributed by atoms with van der Waals surface area (Å²) < 4.78 is 10.0. The first-order valence-corrected chi connectivity index (χ1v) is 4.16. The van der Waals surface area contributed by atoms with Gasteiger partial charge in [0, 0.05) is 6.07 Å². The Labute approximate surface area is 80.4 Å². The van der Waals surface area contributed by atoms with Crippen molar-refractivity contribution in [2.75, 3.05) is 13.7 Å². The van der Waals surface area contributed by atoms with Gasteiger partial charge in [-0.2, -0.15) is 0 Å². The largest absolute Gasteiger partial charge is 0.497 e. The molecule has 1 aromatic rings. The molecule has 5 heteroatoms. The summed E-state index contributed by atoms with van der Waals surface area (Å²) in [6.45, 7) is 0.550. The summed E-state index contributed by atoms with van der Waals surface area (Å²) in [5.74, 6) is 0.612. The topological polar surface area (TPSA) is 64.9 Å². The van der Waals surface area contributed by atoms with E-state index in [4.69, 9.17) is 9.47 Å². The van der Waals surface area contributed by atoms with Crippen LogP contribution in [-0.4, -0.2) is 18.6 Å². The average molecular weight is 195 g/mol. The Morgan fingerprint density at radius 1 is 1.64 bits per heavy atom. The van der Waals surface area contributed by atoms with Crippen LogP contribution in [-0.2, 0) is 4.74 Å². The summed E-state index contributed by atoms with van der Waals surface area (Å²) in [6, 6.07) is 4.66. The number of benzene rings is 1. The van der Waals surface area contributed by atoms with Gasteiger partial charge in [-0.05, 0) is 12.1 Å². The second-order valence-corrected chi connectivity index (χ2v) is 3.00. The van der Waals surface area contributed by atoms with Crippen LogP contribution in [0.4, 0.5) is 5.69 Å². The summed E-state index contributed by atoms with van der Waals surface area (Å²) in [7, 11) is 1.53. The van der Waals surface area contributed by atoms with Crippen molar-refractivity contribution in [3.05, 3.63) is 33.9 Å². The second-order valence-electron chi connectivity index (χ2n) is 3.00. The molecule has 1 aliphatic rings. The molecule has 74 valence electrons. The number of nitrogens with zero attached hydrogens (tertiary/aromatic N) is 1. The molecule has 1 saturated heterocycles. The summed E-state index contributed by atoms with van der Waals surface area (Å²) in [5.41, 5.74) is 0.683. The zero-order valence-corrected chi connectivity index (χ0v) is 7.60. The lowest BCUT2D eigenvalue weighted by atomic mass is 10.1. The van der Waals surface area contributed by atoms with Crippen LogP contribution in [0, 0.1) is 10.1 Å². The summed E-state index contributed by atoms with van der Waals surface area (Å²) >= 11 is 0. The molecule has 0 aliphatic carbocycles. The van der Waals surface area contributed by atoms with Crippen LogP contribution in [0.1, 0.15) is 11.7 Å². The quantitative estimate of drug-likeness (QED) is 0.418. The molecule has 0 amide bonds. The van der Waals surface area contributed by atoms with E-state index in [2.05, 4.69) is 0 Å². The number of methoxy groups -OCH3 is 1. The van der Waals surface area contributed by atoms with Crippen LogP contribution >= 0.6 is 0 Å². The minimum absolute atomic E-state index is 0.0910. The minimum atomic E-state index is -0.406. The van der Waals surface area contributed by atoms with Crippen molar-refractivity contribution in [1.29, 1.82) is 0 Å². The fourth-order valence-corrected chi connectivity index (χ4v) is 1.31. The van der Waals surface area contributed by atoms with Crippen LogP contribution < -0.4 is 4.74 Å². The maximum atomic E-state index is 10.7. The number of epoxide rings is 1. The minimum Gasteiger partial charge on any atom is -0.497 e. The average Bonchev–Trinajstić information content (AvgIpc) is 3.00. The lowest BCUT2D eigenvalue weighted by Crippen LogP contribution is -1.95. The van der Waals surface area contributed by atoms with Crippen molar-refractivity contribution in [2.45, 2.75) is 6.10 Å². The smallest absolute Gasteiger partial charge is 0.275 e. The number of nitro groups is 1. The molecule has 1 heterocycles. The highest BCUT2D eigenvalue weighted by Crippen LogP contribution is 2.37. The standard InChI is InChI=1S/C9H9NO4/c1-13-6-2-3-8(10(11)12)7(4-6)9-5-14-9/h2-4,9H,5H2,1H3/t9-/m0/s1. The molecular formula is C9H9NO4. The molecule has 1 atom stereocenters. The van der Waals surface area contributed by atoms with Crippen molar-refractivity contribution in [3.63, 3.8) is 0 Å². The van der Waals surface area contributed by atoms with E-state index in [0.29, 0.717) is 17.9 Å². The number of hydrogen-bond acceptors (Lipinski definition) is 4. The Morgan fingerprint density at radius 2 is 2.36 bits per heavy atom. The van der Waals surface area contributed by atoms with Crippen molar-refractivity contribution >= 4 is 5.69 Å². The highest BCUT2D eigenvalue weighted by Gasteiger charge is 2.32. The first-order chi connectivity index (χ1) is 6.72. The Morgan fingerprint density at radius 3 is 2.86 bits per heavy atom. The summed E-state index contributed by atoms with van der Waals surface area (Å²) in [6.07, 6.45) is -0.134. The molecule has 0 aromatic heterocycles. The van der Waals surface area contributed by atoms with E-state index in [1.165, 1.54) is 13.2 Å². The van der Waals surface area contributed by atoms with E-state index >= 15 is 0 Å². The fourth-order valence-electron chi connectivity index (χ4n) is 1.31. The number of rotatable bonds is 3. The zero-order chi connectivity index (χ0) is 10.1. The molecule has 0 saturated carbocycles. The Balaban J connectivity index is 2.43. The predicted octanol–water partition coefficient (Wildman–Crippen LogP) is 1.67. The Hall–Kier alpha value is -1.62. The van der Waals surface area contributed by atoms with Gasteiger partial charge in [-0.1, -0.05) is 0 Å². The lowest BCUT2D eigenvalue weighted by molar-refractivity contribution is -0.385. The molecule has 1 aromatic carbocycles. The normalized spacial score (nSPS) is 19.1. The van der Waals surface area contributed by atoms with E-state index in [1.54, 1.807) is 12.1 Å². The van der Waals surface area contributed by atoms with E-state index in [-0.39, 0.29) is 11.8 Å². The molecular weight excluding hydrogens is 186 g/mol. The molecule has 0 spiro atoms. The van der Waals surface area contributed by atoms with Gasteiger partial charge in [0.15, 0.2) is 0 Å². The maximum absolute atomic E-state index is 10.7. The second kappa shape index (κ2) is 3.26. The number of hydrogen-bond donors (Lipinski definition) is 0. The molecule has 0 N–H and O–H groups in total. The molecule has 14 heavy (non-hydrogen) atoms. The monoisotopic (exact) mass is 195 g/mol. The van der Waals surface area contributed by atoms with E-state index in [1.807, 2.05) is 0 Å². The van der Waals surface area contributed by atoms with Gasteiger partial charge in [-0.15, -0.1) is 0 Å². The van der Waals surface area contributed by atoms with Crippen LogP contribution in [0.15, 0.2) is 18.2 Å². The van der Waals surface area contributed by atoms with Gasteiger partial charge in [-0.25, -0.2) is 0 Å². The Bertz CT molecular complexity index is 373. The number of nitro benzene ring substituents is 1. The van der Waals surface area contributed by atoms with Gasteiger partial charge >= 0.3 is 0 Å². The third-order valence-corrected chi connectivity index (χ3v) is 2.11. The molecule has 1 fully saturated rings. The van der Waals surface area contributed by atoms with Crippen molar-refractivity contribution in [2.24, 2.45) is 0 Å². The molecule has 1 aliphatic heterocycles. The van der Waals surface area contributed by atoms with Crippen LogP contribution in [0.2, 0.25) is 0 Å². The van der Waals surface area contributed by atoms with E-state index in [9.17, 15) is 10.1 Å². The number of ether oxygens (including phenoxy) is 2. The van der Waals surface area contributed by atoms with Gasteiger partial charge < -0.3 is 9.47 Å². The van der Waals surface area contributed by atoms with Crippen molar-refractivity contribution in [3.8, 4) is 5.75 Å². The van der Waals surface area contributed by atoms with Crippen LogP contribution in [0.5, 0.6) is 5.75 Å². The van der Waals surface area contributed by atoms with Gasteiger partial charge in [0.05, 0.1) is 24.2 Å². The van der Waals surface area contributed by atoms with E-state index in [0.717, 1.165) is 0 Å².